The van der Waals surface area contributed by atoms with Crippen LogP contribution in [0.25, 0.3) is 11.3 Å². The summed E-state index contributed by atoms with van der Waals surface area (Å²) in [6.45, 7) is 6.08. The second-order valence-electron chi connectivity index (χ2n) is 7.03. The number of aliphatic hydroxyl groups is 1. The van der Waals surface area contributed by atoms with E-state index in [0.29, 0.717) is 30.4 Å². The van der Waals surface area contributed by atoms with E-state index in [0.717, 1.165) is 29.2 Å². The third-order valence-electron chi connectivity index (χ3n) is 5.06. The number of H-pyrrole nitrogens is 1. The fourth-order valence-corrected chi connectivity index (χ4v) is 3.63. The number of aromatic nitrogens is 5. The van der Waals surface area contributed by atoms with E-state index in [-0.39, 0.29) is 12.6 Å². The molecule has 0 spiro atoms. The van der Waals surface area contributed by atoms with Crippen molar-refractivity contribution >= 4 is 17.5 Å². The molecule has 3 aromatic rings. The van der Waals surface area contributed by atoms with Crippen molar-refractivity contribution in [3.05, 3.63) is 35.7 Å². The van der Waals surface area contributed by atoms with Crippen molar-refractivity contribution in [3.8, 4) is 11.3 Å². The fourth-order valence-electron chi connectivity index (χ4n) is 3.63. The van der Waals surface area contributed by atoms with Crippen LogP contribution >= 0.6 is 0 Å². The van der Waals surface area contributed by atoms with Gasteiger partial charge in [-0.1, -0.05) is 0 Å². The molecule has 1 fully saturated rings. The summed E-state index contributed by atoms with van der Waals surface area (Å²) in [5, 5.41) is 24.7. The molecule has 0 radical (unpaired) electrons. The number of nitrogens with one attached hydrogen (secondary N) is 2. The van der Waals surface area contributed by atoms with Gasteiger partial charge in [0.05, 0.1) is 44.0 Å². The van der Waals surface area contributed by atoms with Gasteiger partial charge in [-0.25, -0.2) is 4.98 Å². The van der Waals surface area contributed by atoms with E-state index in [2.05, 4.69) is 32.4 Å². The molecule has 4 heterocycles. The molecule has 3 N–H and O–H groups in total. The number of anilines is 3. The zero-order valence-electron chi connectivity index (χ0n) is 16.3. The van der Waals surface area contributed by atoms with E-state index in [1.54, 1.807) is 6.20 Å². The molecule has 1 aliphatic rings. The number of nitrogens with zero attached hydrogens (tertiary/aromatic N) is 5. The van der Waals surface area contributed by atoms with Crippen LogP contribution in [0.4, 0.5) is 17.5 Å². The number of aromatic amines is 1. The molecule has 1 atom stereocenters. The highest BCUT2D eigenvalue weighted by atomic mass is 16.5. The van der Waals surface area contributed by atoms with Gasteiger partial charge in [-0.3, -0.25) is 9.78 Å². The van der Waals surface area contributed by atoms with Gasteiger partial charge in [0.1, 0.15) is 17.5 Å². The Morgan fingerprint density at radius 3 is 2.93 bits per heavy atom. The van der Waals surface area contributed by atoms with Gasteiger partial charge < -0.3 is 20.1 Å². The summed E-state index contributed by atoms with van der Waals surface area (Å²) in [7, 11) is 1.91. The molecular formula is C19H25N7O2. The van der Waals surface area contributed by atoms with Crippen molar-refractivity contribution in [2.45, 2.75) is 26.5 Å². The second kappa shape index (κ2) is 7.61. The first kappa shape index (κ1) is 18.5. The van der Waals surface area contributed by atoms with Crippen LogP contribution in [0, 0.1) is 6.92 Å². The molecule has 0 aliphatic carbocycles. The third kappa shape index (κ3) is 3.34. The van der Waals surface area contributed by atoms with Crippen LogP contribution in [0.1, 0.15) is 18.1 Å². The van der Waals surface area contributed by atoms with E-state index in [1.807, 2.05) is 37.0 Å². The van der Waals surface area contributed by atoms with Crippen molar-refractivity contribution in [3.63, 3.8) is 0 Å². The standard InChI is InChI=1S/C19H25N7O2/c1-12-9-21-25(3)18(12)14-8-17(26-6-7-28-11-13(26)2)23-19(15(14)10-27)22-16-4-5-20-24-16/h4-5,8-9,13,27H,6-7,10-11H2,1-3H3,(H2,20,22,23,24)/t13-/m1/s1. The lowest BCUT2D eigenvalue weighted by Gasteiger charge is -2.35. The number of aliphatic hydroxyl groups excluding tert-OH is 1. The van der Waals surface area contributed by atoms with Gasteiger partial charge in [-0.15, -0.1) is 0 Å². The number of aryl methyl sites for hydroxylation is 2. The van der Waals surface area contributed by atoms with Gasteiger partial charge in [0, 0.05) is 30.8 Å². The number of ether oxygens (including phenoxy) is 1. The zero-order chi connectivity index (χ0) is 19.7. The molecule has 0 saturated carbocycles. The van der Waals surface area contributed by atoms with Crippen molar-refractivity contribution in [2.75, 3.05) is 30.0 Å². The molecule has 9 heteroatoms. The monoisotopic (exact) mass is 383 g/mol. The van der Waals surface area contributed by atoms with Crippen molar-refractivity contribution in [2.24, 2.45) is 7.05 Å². The van der Waals surface area contributed by atoms with Gasteiger partial charge in [0.25, 0.3) is 0 Å². The average Bonchev–Trinajstić information content (AvgIpc) is 3.31. The van der Waals surface area contributed by atoms with E-state index in [9.17, 15) is 5.11 Å². The molecule has 1 saturated heterocycles. The van der Waals surface area contributed by atoms with Crippen molar-refractivity contribution in [1.29, 1.82) is 0 Å². The van der Waals surface area contributed by atoms with Crippen LogP contribution in [0.3, 0.4) is 0 Å². The smallest absolute Gasteiger partial charge is 0.140 e. The summed E-state index contributed by atoms with van der Waals surface area (Å²) in [4.78, 5) is 7.08. The predicted octanol–water partition coefficient (Wildman–Crippen LogP) is 1.97. The molecule has 0 bridgehead atoms. The summed E-state index contributed by atoms with van der Waals surface area (Å²) < 4.78 is 7.41. The average molecular weight is 383 g/mol. The van der Waals surface area contributed by atoms with E-state index < -0.39 is 0 Å². The maximum Gasteiger partial charge on any atom is 0.140 e. The van der Waals surface area contributed by atoms with Gasteiger partial charge in [0.2, 0.25) is 0 Å². The Labute approximate surface area is 163 Å². The van der Waals surface area contributed by atoms with E-state index in [1.165, 1.54) is 0 Å². The summed E-state index contributed by atoms with van der Waals surface area (Å²) in [6, 6.07) is 4.07. The largest absolute Gasteiger partial charge is 0.392 e. The number of hydrogen-bond acceptors (Lipinski definition) is 7. The number of pyridine rings is 1. The molecule has 1 aliphatic heterocycles. The summed E-state index contributed by atoms with van der Waals surface area (Å²) in [6.07, 6.45) is 3.50. The van der Waals surface area contributed by atoms with Gasteiger partial charge in [-0.2, -0.15) is 10.2 Å². The number of morpholine rings is 1. The van der Waals surface area contributed by atoms with Crippen LogP contribution in [-0.4, -0.2) is 55.9 Å². The van der Waals surface area contributed by atoms with Crippen LogP contribution < -0.4 is 10.2 Å². The van der Waals surface area contributed by atoms with Gasteiger partial charge in [0.15, 0.2) is 0 Å². The van der Waals surface area contributed by atoms with Gasteiger partial charge in [-0.05, 0) is 25.5 Å². The first-order valence-electron chi connectivity index (χ1n) is 9.33. The van der Waals surface area contributed by atoms with E-state index >= 15 is 0 Å². The highest BCUT2D eigenvalue weighted by Gasteiger charge is 2.25. The van der Waals surface area contributed by atoms with Crippen LogP contribution in [0.5, 0.6) is 0 Å². The molecule has 0 aromatic carbocycles. The Balaban J connectivity index is 1.89. The highest BCUT2D eigenvalue weighted by molar-refractivity contribution is 5.77. The Morgan fingerprint density at radius 2 is 2.29 bits per heavy atom. The fraction of sp³-hybridized carbons (Fsp3) is 0.421. The maximum atomic E-state index is 10.2. The Bertz CT molecular complexity index is 932. The number of rotatable bonds is 5. The minimum Gasteiger partial charge on any atom is -0.392 e. The molecule has 0 amide bonds. The summed E-state index contributed by atoms with van der Waals surface area (Å²) in [5.74, 6) is 2.14. The Morgan fingerprint density at radius 1 is 1.43 bits per heavy atom. The topological polar surface area (TPSA) is 104 Å². The molecule has 3 aromatic heterocycles. The van der Waals surface area contributed by atoms with Gasteiger partial charge >= 0.3 is 0 Å². The lowest BCUT2D eigenvalue weighted by molar-refractivity contribution is 0.0985. The predicted molar refractivity (Wildman–Crippen MR) is 107 cm³/mol. The molecule has 9 nitrogen and oxygen atoms in total. The minimum absolute atomic E-state index is 0.150. The minimum atomic E-state index is -0.150. The molecular weight excluding hydrogens is 358 g/mol. The quantitative estimate of drug-likeness (QED) is 0.619. The lowest BCUT2D eigenvalue weighted by atomic mass is 10.0. The third-order valence-corrected chi connectivity index (χ3v) is 5.06. The molecule has 148 valence electrons. The molecule has 0 unspecified atom stereocenters. The van der Waals surface area contributed by atoms with Crippen molar-refractivity contribution < 1.29 is 9.84 Å². The Hall–Kier alpha value is -2.91. The zero-order valence-corrected chi connectivity index (χ0v) is 16.3. The number of hydrogen-bond donors (Lipinski definition) is 3. The summed E-state index contributed by atoms with van der Waals surface area (Å²) in [5.41, 5.74) is 3.62. The Kier molecular flexibility index (Phi) is 5.01. The highest BCUT2D eigenvalue weighted by Crippen LogP contribution is 2.35. The second-order valence-corrected chi connectivity index (χ2v) is 7.03. The van der Waals surface area contributed by atoms with Crippen molar-refractivity contribution in [1.82, 2.24) is 25.0 Å². The lowest BCUT2D eigenvalue weighted by Crippen LogP contribution is -2.44. The summed E-state index contributed by atoms with van der Waals surface area (Å²) >= 11 is 0. The van der Waals surface area contributed by atoms with Crippen LogP contribution in [-0.2, 0) is 18.4 Å². The van der Waals surface area contributed by atoms with Crippen LogP contribution in [0.15, 0.2) is 24.5 Å². The molecule has 28 heavy (non-hydrogen) atoms. The van der Waals surface area contributed by atoms with Crippen LogP contribution in [0.2, 0.25) is 0 Å². The first-order chi connectivity index (χ1) is 13.6. The van der Waals surface area contributed by atoms with E-state index in [4.69, 9.17) is 9.72 Å². The SMILES string of the molecule is Cc1cnn(C)c1-c1cc(N2CCOC[C@H]2C)nc(Nc2ccn[nH]2)c1CO. The maximum absolute atomic E-state index is 10.2. The first-order valence-corrected chi connectivity index (χ1v) is 9.33. The molecule has 4 rings (SSSR count). The normalized spacial score (nSPS) is 17.1.